The molecular weight excluding hydrogens is 504 g/mol. The van der Waals surface area contributed by atoms with E-state index in [2.05, 4.69) is 34.2 Å². The molecule has 7 nitrogen and oxygen atoms in total. The van der Waals surface area contributed by atoms with Crippen LogP contribution in [0.15, 0.2) is 84.9 Å². The Balaban J connectivity index is 1.40. The molecule has 1 heterocycles. The second-order valence-electron chi connectivity index (χ2n) is 8.54. The number of nitrogens with one attached hydrogen (secondary N) is 1. The van der Waals surface area contributed by atoms with E-state index < -0.39 is 11.9 Å². The van der Waals surface area contributed by atoms with Gasteiger partial charge in [0.1, 0.15) is 5.75 Å². The molecule has 0 saturated heterocycles. The van der Waals surface area contributed by atoms with E-state index in [0.29, 0.717) is 21.6 Å². The molecule has 5 aromatic rings. The van der Waals surface area contributed by atoms with Gasteiger partial charge in [-0.25, -0.2) is 4.79 Å². The minimum absolute atomic E-state index is 0.0454. The van der Waals surface area contributed by atoms with Crippen LogP contribution in [-0.4, -0.2) is 33.6 Å². The summed E-state index contributed by atoms with van der Waals surface area (Å²) >= 11 is 6.61. The van der Waals surface area contributed by atoms with Crippen LogP contribution in [0.3, 0.4) is 0 Å². The lowest BCUT2D eigenvalue weighted by atomic mass is 10.00. The normalized spacial score (nSPS) is 10.9. The van der Waals surface area contributed by atoms with E-state index in [1.165, 1.54) is 12.1 Å². The van der Waals surface area contributed by atoms with Gasteiger partial charge in [0, 0.05) is 5.56 Å². The summed E-state index contributed by atoms with van der Waals surface area (Å²) in [6.07, 6.45) is -0.145. The van der Waals surface area contributed by atoms with Gasteiger partial charge in [-0.3, -0.25) is 4.79 Å². The fraction of sp³-hybridized carbons (Fsp3) is 0.100. The van der Waals surface area contributed by atoms with E-state index in [4.69, 9.17) is 21.1 Å². The lowest BCUT2D eigenvalue weighted by molar-refractivity contribution is -0.142. The molecule has 1 aromatic heterocycles. The second kappa shape index (κ2) is 10.8. The van der Waals surface area contributed by atoms with Crippen molar-refractivity contribution in [3.8, 4) is 34.0 Å². The van der Waals surface area contributed by atoms with E-state index >= 15 is 0 Å². The van der Waals surface area contributed by atoms with Gasteiger partial charge in [-0.2, -0.15) is 4.98 Å². The number of hydrogen-bond donors (Lipinski definition) is 2. The third-order valence-electron chi connectivity index (χ3n) is 6.02. The highest BCUT2D eigenvalue weighted by atomic mass is 35.5. The molecule has 38 heavy (non-hydrogen) atoms. The van der Waals surface area contributed by atoms with Crippen LogP contribution in [0.2, 0.25) is 5.02 Å². The number of hydrogen-bond acceptors (Lipinski definition) is 5. The topological polar surface area (TPSA) is 102 Å². The van der Waals surface area contributed by atoms with Crippen LogP contribution in [0.5, 0.6) is 11.8 Å². The number of carboxylic acids is 1. The maximum Gasteiger partial charge on any atom is 0.336 e. The number of benzene rings is 4. The summed E-state index contributed by atoms with van der Waals surface area (Å²) in [6, 6.07) is 26.6. The lowest BCUT2D eigenvalue weighted by Crippen LogP contribution is -2.11. The van der Waals surface area contributed by atoms with Crippen molar-refractivity contribution in [1.82, 2.24) is 9.97 Å². The van der Waals surface area contributed by atoms with Gasteiger partial charge in [-0.05, 0) is 53.4 Å². The molecule has 0 bridgehead atoms. The second-order valence-corrected chi connectivity index (χ2v) is 8.95. The molecular formula is C30H23ClN2O5. The molecule has 0 unspecified atom stereocenters. The van der Waals surface area contributed by atoms with Gasteiger partial charge in [0.2, 0.25) is 0 Å². The average Bonchev–Trinajstić information content (AvgIpc) is 3.30. The number of rotatable bonds is 8. The molecule has 0 spiro atoms. The Morgan fingerprint density at radius 2 is 1.63 bits per heavy atom. The maximum atomic E-state index is 11.8. The number of H-pyrrole nitrogens is 1. The van der Waals surface area contributed by atoms with Crippen molar-refractivity contribution in [3.63, 3.8) is 0 Å². The molecule has 0 aliphatic rings. The Bertz CT molecular complexity index is 1630. The molecule has 5 rings (SSSR count). The summed E-state index contributed by atoms with van der Waals surface area (Å²) in [5.41, 5.74) is 5.62. The van der Waals surface area contributed by atoms with Gasteiger partial charge in [0.25, 0.3) is 6.01 Å². The smallest absolute Gasteiger partial charge is 0.336 e. The van der Waals surface area contributed by atoms with Crippen LogP contribution in [0.1, 0.15) is 22.8 Å². The van der Waals surface area contributed by atoms with Gasteiger partial charge < -0.3 is 19.6 Å². The summed E-state index contributed by atoms with van der Waals surface area (Å²) < 4.78 is 10.8. The van der Waals surface area contributed by atoms with Gasteiger partial charge in [0.15, 0.2) is 0 Å². The highest BCUT2D eigenvalue weighted by molar-refractivity contribution is 6.34. The van der Waals surface area contributed by atoms with Crippen LogP contribution in [0.25, 0.3) is 33.3 Å². The number of aromatic carboxylic acids is 1. The number of ether oxygens (including phenoxy) is 2. The first-order chi connectivity index (χ1) is 18.4. The predicted molar refractivity (Wildman–Crippen MR) is 146 cm³/mol. The van der Waals surface area contributed by atoms with Crippen LogP contribution in [-0.2, 0) is 16.0 Å². The van der Waals surface area contributed by atoms with Crippen molar-refractivity contribution in [2.24, 2.45) is 0 Å². The Morgan fingerprint density at radius 3 is 2.34 bits per heavy atom. The zero-order valence-electron chi connectivity index (χ0n) is 20.4. The third-order valence-corrected chi connectivity index (χ3v) is 6.33. The van der Waals surface area contributed by atoms with E-state index in [0.717, 1.165) is 22.3 Å². The minimum Gasteiger partial charge on any atom is -0.478 e. The first-order valence-electron chi connectivity index (χ1n) is 12.0. The monoisotopic (exact) mass is 526 g/mol. The standard InChI is InChI=1S/C30H23ClN2O5/c1-2-37-28(34)14-21-12-13-22(15-24(21)29(35)36)38-30-32-26-16-23(25(31)17-27(26)33-30)20-10-8-19(9-11-20)18-6-4-3-5-7-18/h3-13,15-17H,2,14H2,1H3,(H,32,33)(H,35,36). The highest BCUT2D eigenvalue weighted by Gasteiger charge is 2.17. The zero-order valence-corrected chi connectivity index (χ0v) is 21.2. The summed E-state index contributed by atoms with van der Waals surface area (Å²) in [5.74, 6) is -1.41. The molecule has 0 fully saturated rings. The van der Waals surface area contributed by atoms with E-state index in [1.54, 1.807) is 19.1 Å². The van der Waals surface area contributed by atoms with Crippen molar-refractivity contribution in [3.05, 3.63) is 101 Å². The summed E-state index contributed by atoms with van der Waals surface area (Å²) in [5, 5.41) is 10.2. The van der Waals surface area contributed by atoms with Gasteiger partial charge in [-0.15, -0.1) is 0 Å². The Kier molecular flexibility index (Phi) is 7.11. The number of carboxylic acid groups (broad SMARTS) is 1. The fourth-order valence-corrected chi connectivity index (χ4v) is 4.47. The Labute approximate surface area is 223 Å². The van der Waals surface area contributed by atoms with Crippen molar-refractivity contribution in [1.29, 1.82) is 0 Å². The van der Waals surface area contributed by atoms with E-state index in [1.807, 2.05) is 36.4 Å². The van der Waals surface area contributed by atoms with Crippen LogP contribution < -0.4 is 4.74 Å². The molecule has 0 saturated carbocycles. The number of fused-ring (bicyclic) bond motifs is 1. The molecule has 0 radical (unpaired) electrons. The van der Waals surface area contributed by atoms with E-state index in [9.17, 15) is 14.7 Å². The van der Waals surface area contributed by atoms with Crippen LogP contribution in [0, 0.1) is 0 Å². The molecule has 8 heteroatoms. The largest absolute Gasteiger partial charge is 0.478 e. The van der Waals surface area contributed by atoms with Crippen LogP contribution >= 0.6 is 11.6 Å². The number of esters is 1. The molecule has 4 aromatic carbocycles. The molecule has 0 atom stereocenters. The number of imidazole rings is 1. The summed E-state index contributed by atoms with van der Waals surface area (Å²) in [4.78, 5) is 31.2. The Morgan fingerprint density at radius 1 is 0.921 bits per heavy atom. The quantitative estimate of drug-likeness (QED) is 0.208. The summed E-state index contributed by atoms with van der Waals surface area (Å²) in [6.45, 7) is 1.91. The SMILES string of the molecule is CCOC(=O)Cc1ccc(Oc2nc3cc(-c4ccc(-c5ccccc5)cc4)c(Cl)cc3[nH]2)cc1C(=O)O. The molecule has 0 amide bonds. The van der Waals surface area contributed by atoms with Gasteiger partial charge in [0.05, 0.1) is 34.6 Å². The number of aromatic nitrogens is 2. The number of carbonyl (C=O) groups excluding carboxylic acids is 1. The average molecular weight is 527 g/mol. The number of aromatic amines is 1. The third kappa shape index (κ3) is 5.38. The van der Waals surface area contributed by atoms with Crippen LogP contribution in [0.4, 0.5) is 0 Å². The summed E-state index contributed by atoms with van der Waals surface area (Å²) in [7, 11) is 0. The predicted octanol–water partition coefficient (Wildman–Crippen LogP) is 7.15. The number of carbonyl (C=O) groups is 2. The van der Waals surface area contributed by atoms with Crippen molar-refractivity contribution in [2.45, 2.75) is 13.3 Å². The molecule has 0 aliphatic carbocycles. The molecule has 2 N–H and O–H groups in total. The Hall–Kier alpha value is -4.62. The zero-order chi connectivity index (χ0) is 26.6. The maximum absolute atomic E-state index is 11.8. The molecule has 190 valence electrons. The van der Waals surface area contributed by atoms with Crippen molar-refractivity contribution >= 4 is 34.6 Å². The highest BCUT2D eigenvalue weighted by Crippen LogP contribution is 2.34. The van der Waals surface area contributed by atoms with Gasteiger partial charge >= 0.3 is 11.9 Å². The number of halogens is 1. The minimum atomic E-state index is -1.17. The van der Waals surface area contributed by atoms with Gasteiger partial charge in [-0.1, -0.05) is 72.3 Å². The van der Waals surface area contributed by atoms with Crippen molar-refractivity contribution < 1.29 is 24.2 Å². The molecule has 0 aliphatic heterocycles. The van der Waals surface area contributed by atoms with Crippen molar-refractivity contribution in [2.75, 3.05) is 6.61 Å². The number of nitrogens with zero attached hydrogens (tertiary/aromatic N) is 1. The lowest BCUT2D eigenvalue weighted by Gasteiger charge is -2.08. The fourth-order valence-electron chi connectivity index (χ4n) is 4.20. The van der Waals surface area contributed by atoms with E-state index in [-0.39, 0.29) is 30.4 Å². The first kappa shape index (κ1) is 25.0. The first-order valence-corrected chi connectivity index (χ1v) is 12.3.